The van der Waals surface area contributed by atoms with Crippen LogP contribution in [-0.4, -0.2) is 66.1 Å². The number of sulfone groups is 1. The Morgan fingerprint density at radius 3 is 2.58 bits per heavy atom. The molecule has 4 rings (SSSR count). The summed E-state index contributed by atoms with van der Waals surface area (Å²) in [7, 11) is -2.84. The van der Waals surface area contributed by atoms with Gasteiger partial charge in [0.1, 0.15) is 5.69 Å². The molecule has 132 valence electrons. The van der Waals surface area contributed by atoms with Gasteiger partial charge in [0.25, 0.3) is 5.91 Å². The number of aromatic amines is 1. The Morgan fingerprint density at radius 2 is 1.96 bits per heavy atom. The second-order valence-corrected chi connectivity index (χ2v) is 9.55. The molecule has 3 fully saturated rings. The lowest BCUT2D eigenvalue weighted by molar-refractivity contribution is 0.0893. The summed E-state index contributed by atoms with van der Waals surface area (Å²) in [5.41, 5.74) is 1.54. The summed E-state index contributed by atoms with van der Waals surface area (Å²) in [4.78, 5) is 14.6. The van der Waals surface area contributed by atoms with Crippen LogP contribution in [0.5, 0.6) is 0 Å². The van der Waals surface area contributed by atoms with Crippen molar-refractivity contribution in [2.24, 2.45) is 0 Å². The summed E-state index contributed by atoms with van der Waals surface area (Å²) in [5.74, 6) is 1.06. The second-order valence-electron chi connectivity index (χ2n) is 7.32. The fraction of sp³-hybridized carbons (Fsp3) is 0.750. The molecule has 24 heavy (non-hydrogen) atoms. The van der Waals surface area contributed by atoms with E-state index < -0.39 is 9.84 Å². The van der Waals surface area contributed by atoms with E-state index in [4.69, 9.17) is 0 Å². The molecule has 8 heteroatoms. The van der Waals surface area contributed by atoms with Gasteiger partial charge in [-0.3, -0.25) is 14.8 Å². The minimum atomic E-state index is -2.84. The van der Waals surface area contributed by atoms with Gasteiger partial charge in [0, 0.05) is 36.8 Å². The molecule has 1 saturated carbocycles. The van der Waals surface area contributed by atoms with Crippen molar-refractivity contribution in [3.05, 3.63) is 17.5 Å². The SMILES string of the molecule is O=C(NC1CCN([C@H]2CCS(=O)(=O)C2)CC1)c1cc(C2CC2)[nH]n1. The summed E-state index contributed by atoms with van der Waals surface area (Å²) in [5, 5.41) is 10.2. The largest absolute Gasteiger partial charge is 0.348 e. The average Bonchev–Trinajstić information content (AvgIpc) is 3.17. The molecule has 1 aromatic rings. The zero-order valence-corrected chi connectivity index (χ0v) is 14.5. The molecule has 1 aliphatic carbocycles. The first-order valence-electron chi connectivity index (χ1n) is 8.81. The number of hydrogen-bond acceptors (Lipinski definition) is 5. The van der Waals surface area contributed by atoms with Crippen molar-refractivity contribution in [2.75, 3.05) is 24.6 Å². The van der Waals surface area contributed by atoms with E-state index in [0.29, 0.717) is 23.1 Å². The Bertz CT molecular complexity index is 717. The number of carbonyl (C=O) groups is 1. The molecule has 1 aromatic heterocycles. The van der Waals surface area contributed by atoms with Crippen molar-refractivity contribution in [2.45, 2.75) is 50.1 Å². The summed E-state index contributed by atoms with van der Waals surface area (Å²) in [6, 6.07) is 2.18. The highest BCUT2D eigenvalue weighted by atomic mass is 32.2. The topological polar surface area (TPSA) is 95.2 Å². The van der Waals surface area contributed by atoms with Gasteiger partial charge in [-0.05, 0) is 38.2 Å². The van der Waals surface area contributed by atoms with Gasteiger partial charge in [-0.2, -0.15) is 5.10 Å². The third-order valence-electron chi connectivity index (χ3n) is 5.44. The lowest BCUT2D eigenvalue weighted by atomic mass is 10.0. The number of amides is 1. The molecule has 0 bridgehead atoms. The molecule has 0 unspecified atom stereocenters. The molecule has 3 aliphatic rings. The molecule has 0 radical (unpaired) electrons. The first kappa shape index (κ1) is 16.1. The lowest BCUT2D eigenvalue weighted by Crippen LogP contribution is -2.48. The summed E-state index contributed by atoms with van der Waals surface area (Å²) < 4.78 is 23.2. The second kappa shape index (κ2) is 6.15. The van der Waals surface area contributed by atoms with Gasteiger partial charge in [0.05, 0.1) is 11.5 Å². The third-order valence-corrected chi connectivity index (χ3v) is 7.19. The molecule has 2 N–H and O–H groups in total. The average molecular weight is 352 g/mol. The molecule has 1 atom stereocenters. The van der Waals surface area contributed by atoms with Gasteiger partial charge >= 0.3 is 0 Å². The van der Waals surface area contributed by atoms with Crippen LogP contribution in [0.25, 0.3) is 0 Å². The third kappa shape index (κ3) is 3.49. The number of nitrogens with one attached hydrogen (secondary N) is 2. The maximum absolute atomic E-state index is 12.3. The van der Waals surface area contributed by atoms with Crippen molar-refractivity contribution >= 4 is 15.7 Å². The Hall–Kier alpha value is -1.41. The Morgan fingerprint density at radius 1 is 1.21 bits per heavy atom. The monoisotopic (exact) mass is 352 g/mol. The van der Waals surface area contributed by atoms with Gasteiger partial charge in [-0.1, -0.05) is 0 Å². The maximum atomic E-state index is 12.3. The molecular formula is C16H24N4O3S. The Labute approximate surface area is 142 Å². The van der Waals surface area contributed by atoms with Crippen molar-refractivity contribution in [1.29, 1.82) is 0 Å². The van der Waals surface area contributed by atoms with E-state index in [1.165, 1.54) is 12.8 Å². The van der Waals surface area contributed by atoms with Gasteiger partial charge in [0.15, 0.2) is 9.84 Å². The summed E-state index contributed by atoms with van der Waals surface area (Å²) in [6.07, 6.45) is 4.83. The van der Waals surface area contributed by atoms with E-state index in [-0.39, 0.29) is 18.0 Å². The number of likely N-dealkylation sites (tertiary alicyclic amines) is 1. The Kier molecular flexibility index (Phi) is 4.12. The van der Waals surface area contributed by atoms with Crippen LogP contribution in [0, 0.1) is 0 Å². The molecule has 2 aliphatic heterocycles. The van der Waals surface area contributed by atoms with Gasteiger partial charge < -0.3 is 5.32 Å². The maximum Gasteiger partial charge on any atom is 0.271 e. The predicted molar refractivity (Wildman–Crippen MR) is 89.7 cm³/mol. The number of nitrogens with zero attached hydrogens (tertiary/aromatic N) is 2. The van der Waals surface area contributed by atoms with E-state index in [9.17, 15) is 13.2 Å². The van der Waals surface area contributed by atoms with E-state index >= 15 is 0 Å². The molecule has 0 aromatic carbocycles. The summed E-state index contributed by atoms with van der Waals surface area (Å²) >= 11 is 0. The van der Waals surface area contributed by atoms with Crippen LogP contribution in [-0.2, 0) is 9.84 Å². The number of H-pyrrole nitrogens is 1. The van der Waals surface area contributed by atoms with Crippen molar-refractivity contribution in [1.82, 2.24) is 20.4 Å². The fourth-order valence-electron chi connectivity index (χ4n) is 3.79. The van der Waals surface area contributed by atoms with Crippen LogP contribution in [0.3, 0.4) is 0 Å². The number of carbonyl (C=O) groups excluding carboxylic acids is 1. The van der Waals surface area contributed by atoms with Gasteiger partial charge in [0.2, 0.25) is 0 Å². The van der Waals surface area contributed by atoms with Crippen molar-refractivity contribution in [3.8, 4) is 0 Å². The van der Waals surface area contributed by atoms with E-state index in [2.05, 4.69) is 20.4 Å². The number of rotatable bonds is 4. The lowest BCUT2D eigenvalue weighted by Gasteiger charge is -2.35. The Balaban J connectivity index is 1.27. The number of hydrogen-bond donors (Lipinski definition) is 2. The first-order chi connectivity index (χ1) is 11.5. The molecule has 2 saturated heterocycles. The standard InChI is InChI=1S/C16H24N4O3S/c21-16(15-9-14(18-19-15)11-1-2-11)17-12-3-6-20(7-4-12)13-5-8-24(22,23)10-13/h9,11-13H,1-8,10H2,(H,17,21)(H,18,19)/t13-/m0/s1. The highest BCUT2D eigenvalue weighted by Crippen LogP contribution is 2.39. The number of aromatic nitrogens is 2. The van der Waals surface area contributed by atoms with Crippen LogP contribution in [0.4, 0.5) is 0 Å². The zero-order valence-electron chi connectivity index (χ0n) is 13.7. The van der Waals surface area contributed by atoms with Crippen molar-refractivity contribution in [3.63, 3.8) is 0 Å². The zero-order chi connectivity index (χ0) is 16.7. The number of piperidine rings is 1. The smallest absolute Gasteiger partial charge is 0.271 e. The highest BCUT2D eigenvalue weighted by molar-refractivity contribution is 7.91. The van der Waals surface area contributed by atoms with E-state index in [1.54, 1.807) is 0 Å². The molecule has 3 heterocycles. The molecule has 7 nitrogen and oxygen atoms in total. The minimum absolute atomic E-state index is 0.111. The molecule has 1 amide bonds. The van der Waals surface area contributed by atoms with Crippen LogP contribution < -0.4 is 5.32 Å². The predicted octanol–water partition coefficient (Wildman–Crippen LogP) is 0.668. The van der Waals surface area contributed by atoms with Crippen LogP contribution in [0.2, 0.25) is 0 Å². The molecular weight excluding hydrogens is 328 g/mol. The molecule has 0 spiro atoms. The van der Waals surface area contributed by atoms with E-state index in [0.717, 1.165) is 38.0 Å². The summed E-state index contributed by atoms with van der Waals surface area (Å²) in [6.45, 7) is 1.69. The fourth-order valence-corrected chi connectivity index (χ4v) is 5.55. The van der Waals surface area contributed by atoms with Crippen LogP contribution in [0.1, 0.15) is 54.2 Å². The van der Waals surface area contributed by atoms with Crippen LogP contribution in [0.15, 0.2) is 6.07 Å². The normalized spacial score (nSPS) is 28.1. The van der Waals surface area contributed by atoms with Gasteiger partial charge in [-0.15, -0.1) is 0 Å². The van der Waals surface area contributed by atoms with E-state index in [1.807, 2.05) is 6.07 Å². The quantitative estimate of drug-likeness (QED) is 0.830. The minimum Gasteiger partial charge on any atom is -0.348 e. The first-order valence-corrected chi connectivity index (χ1v) is 10.6. The van der Waals surface area contributed by atoms with Crippen LogP contribution >= 0.6 is 0 Å². The van der Waals surface area contributed by atoms with Gasteiger partial charge in [-0.25, -0.2) is 8.42 Å². The highest BCUT2D eigenvalue weighted by Gasteiger charge is 2.34. The van der Waals surface area contributed by atoms with Crippen molar-refractivity contribution < 1.29 is 13.2 Å².